The van der Waals surface area contributed by atoms with E-state index in [1.165, 1.54) is 0 Å². The minimum Gasteiger partial charge on any atom is -0.364 e. The van der Waals surface area contributed by atoms with E-state index in [1.54, 1.807) is 0 Å². The Hall–Kier alpha value is -3.43. The number of benzene rings is 2. The average molecular weight is 492 g/mol. The maximum absolute atomic E-state index is 13.2. The highest BCUT2D eigenvalue weighted by atomic mass is 35.5. The van der Waals surface area contributed by atoms with E-state index in [9.17, 15) is 4.79 Å². The fourth-order valence-electron chi connectivity index (χ4n) is 4.79. The number of nitrogens with one attached hydrogen (secondary N) is 1. The van der Waals surface area contributed by atoms with Crippen LogP contribution in [-0.2, 0) is 24.4 Å². The second kappa shape index (κ2) is 9.31. The summed E-state index contributed by atoms with van der Waals surface area (Å²) >= 11 is 5.98. The Morgan fingerprint density at radius 3 is 2.86 bits per heavy atom. The first-order valence-electron chi connectivity index (χ1n) is 11.9. The van der Waals surface area contributed by atoms with Crippen molar-refractivity contribution < 1.29 is 9.53 Å². The largest absolute Gasteiger partial charge is 0.364 e. The van der Waals surface area contributed by atoms with E-state index in [0.717, 1.165) is 66.7 Å². The standard InChI is InChI=1S/C25H26ClN7O2/c26-18-6-4-17(5-7-18)14-27-25(34)24-21-9-8-19(31-10-11-32-20(16-31)15-28-30-32)13-22(21)33(29-24)23-3-1-2-12-35-23/h4-9,13,15,23H,1-3,10-12,14,16H2,(H,27,34). The molecule has 1 unspecified atom stereocenters. The van der Waals surface area contributed by atoms with Crippen molar-refractivity contribution >= 4 is 34.1 Å². The van der Waals surface area contributed by atoms with Gasteiger partial charge in [-0.05, 0) is 55.2 Å². The van der Waals surface area contributed by atoms with Crippen LogP contribution in [0.4, 0.5) is 5.69 Å². The molecule has 1 N–H and O–H groups in total. The Labute approximate surface area is 207 Å². The maximum atomic E-state index is 13.2. The van der Waals surface area contributed by atoms with Crippen molar-refractivity contribution in [2.45, 2.75) is 45.1 Å². The predicted molar refractivity (Wildman–Crippen MR) is 132 cm³/mol. The van der Waals surface area contributed by atoms with Gasteiger partial charge in [0.2, 0.25) is 0 Å². The molecule has 9 nitrogen and oxygen atoms in total. The molecule has 2 aromatic carbocycles. The van der Waals surface area contributed by atoms with Crippen LogP contribution in [0.2, 0.25) is 5.02 Å². The van der Waals surface area contributed by atoms with E-state index in [-0.39, 0.29) is 12.1 Å². The SMILES string of the molecule is O=C(NCc1ccc(Cl)cc1)c1nn(C2CCCCO2)c2cc(N3CCn4nncc4C3)ccc12. The average Bonchev–Trinajstić information content (AvgIpc) is 3.53. The molecule has 4 aromatic rings. The lowest BCUT2D eigenvalue weighted by molar-refractivity contribution is -0.0368. The zero-order valence-corrected chi connectivity index (χ0v) is 20.0. The number of amides is 1. The van der Waals surface area contributed by atoms with Gasteiger partial charge in [0.1, 0.15) is 0 Å². The van der Waals surface area contributed by atoms with Crippen LogP contribution in [0.3, 0.4) is 0 Å². The van der Waals surface area contributed by atoms with E-state index in [2.05, 4.69) is 32.7 Å². The number of carbonyl (C=O) groups is 1. The predicted octanol–water partition coefficient (Wildman–Crippen LogP) is 3.93. The quantitative estimate of drug-likeness (QED) is 0.455. The number of aromatic nitrogens is 5. The second-order valence-electron chi connectivity index (χ2n) is 9.00. The van der Waals surface area contributed by atoms with E-state index in [0.29, 0.717) is 23.9 Å². The van der Waals surface area contributed by atoms with E-state index in [4.69, 9.17) is 21.4 Å². The lowest BCUT2D eigenvalue weighted by Gasteiger charge is -2.29. The fourth-order valence-corrected chi connectivity index (χ4v) is 4.92. The lowest BCUT2D eigenvalue weighted by Crippen LogP contribution is -2.33. The van der Waals surface area contributed by atoms with Crippen molar-refractivity contribution in [3.05, 3.63) is 70.6 Å². The molecule has 35 heavy (non-hydrogen) atoms. The summed E-state index contributed by atoms with van der Waals surface area (Å²) in [4.78, 5) is 15.5. The molecule has 0 saturated carbocycles. The number of anilines is 1. The lowest BCUT2D eigenvalue weighted by atomic mass is 10.1. The monoisotopic (exact) mass is 491 g/mol. The molecule has 2 aliphatic rings. The first kappa shape index (κ1) is 22.1. The molecular formula is C25H26ClN7O2. The van der Waals surface area contributed by atoms with Crippen LogP contribution in [-0.4, -0.2) is 43.8 Å². The second-order valence-corrected chi connectivity index (χ2v) is 9.43. The van der Waals surface area contributed by atoms with E-state index < -0.39 is 0 Å². The molecule has 4 heterocycles. The topological polar surface area (TPSA) is 90.1 Å². The van der Waals surface area contributed by atoms with Gasteiger partial charge in [-0.25, -0.2) is 9.36 Å². The number of carbonyl (C=O) groups excluding carboxylic acids is 1. The van der Waals surface area contributed by atoms with Crippen LogP contribution < -0.4 is 10.2 Å². The molecule has 0 bridgehead atoms. The third-order valence-corrected chi connectivity index (χ3v) is 6.95. The number of hydrogen-bond acceptors (Lipinski definition) is 6. The summed E-state index contributed by atoms with van der Waals surface area (Å²) < 4.78 is 9.89. The van der Waals surface area contributed by atoms with Gasteiger partial charge in [-0.3, -0.25) is 4.79 Å². The van der Waals surface area contributed by atoms with Gasteiger partial charge in [-0.15, -0.1) is 5.10 Å². The van der Waals surface area contributed by atoms with Crippen LogP contribution in [0, 0.1) is 0 Å². The minimum atomic E-state index is -0.208. The molecule has 1 atom stereocenters. The third-order valence-electron chi connectivity index (χ3n) is 6.70. The van der Waals surface area contributed by atoms with Crippen molar-refractivity contribution in [2.75, 3.05) is 18.1 Å². The van der Waals surface area contributed by atoms with Gasteiger partial charge in [-0.1, -0.05) is 28.9 Å². The number of fused-ring (bicyclic) bond motifs is 2. The number of rotatable bonds is 5. The van der Waals surface area contributed by atoms with Crippen molar-refractivity contribution in [1.29, 1.82) is 0 Å². The van der Waals surface area contributed by atoms with E-state index in [1.807, 2.05) is 45.9 Å². The molecule has 180 valence electrons. The van der Waals surface area contributed by atoms with E-state index >= 15 is 0 Å². The first-order valence-corrected chi connectivity index (χ1v) is 12.3. The van der Waals surface area contributed by atoms with Crippen molar-refractivity contribution in [3.8, 4) is 0 Å². The van der Waals surface area contributed by atoms with Crippen molar-refractivity contribution in [1.82, 2.24) is 30.1 Å². The summed E-state index contributed by atoms with van der Waals surface area (Å²) in [6.45, 7) is 3.47. The normalized spacial score (nSPS) is 18.0. The van der Waals surface area contributed by atoms with Crippen molar-refractivity contribution in [3.63, 3.8) is 0 Å². The highest BCUT2D eigenvalue weighted by Crippen LogP contribution is 2.32. The zero-order chi connectivity index (χ0) is 23.8. The molecule has 0 spiro atoms. The Kier molecular flexibility index (Phi) is 5.87. The zero-order valence-electron chi connectivity index (χ0n) is 19.2. The van der Waals surface area contributed by atoms with Crippen molar-refractivity contribution in [2.24, 2.45) is 0 Å². The fraction of sp³-hybridized carbons (Fsp3) is 0.360. The maximum Gasteiger partial charge on any atom is 0.272 e. The molecule has 2 aliphatic heterocycles. The van der Waals surface area contributed by atoms with Crippen LogP contribution in [0.5, 0.6) is 0 Å². The number of hydrogen-bond donors (Lipinski definition) is 1. The molecule has 6 rings (SSSR count). The van der Waals surface area contributed by atoms with Gasteiger partial charge in [0.15, 0.2) is 11.9 Å². The van der Waals surface area contributed by atoms with Gasteiger partial charge in [0.05, 0.1) is 30.5 Å². The Morgan fingerprint density at radius 1 is 1.14 bits per heavy atom. The molecule has 1 amide bonds. The Bertz CT molecular complexity index is 1360. The summed E-state index contributed by atoms with van der Waals surface area (Å²) in [5.41, 5.74) is 4.46. The Balaban J connectivity index is 1.32. The summed E-state index contributed by atoms with van der Waals surface area (Å²) in [7, 11) is 0. The molecular weight excluding hydrogens is 466 g/mol. The summed E-state index contributed by atoms with van der Waals surface area (Å²) in [6.07, 6.45) is 4.64. The van der Waals surface area contributed by atoms with Gasteiger partial charge in [0.25, 0.3) is 5.91 Å². The molecule has 0 radical (unpaired) electrons. The number of nitrogens with zero attached hydrogens (tertiary/aromatic N) is 6. The highest BCUT2D eigenvalue weighted by Gasteiger charge is 2.25. The smallest absolute Gasteiger partial charge is 0.272 e. The Morgan fingerprint density at radius 2 is 2.03 bits per heavy atom. The summed E-state index contributed by atoms with van der Waals surface area (Å²) in [5.74, 6) is -0.208. The van der Waals surface area contributed by atoms with Crippen LogP contribution >= 0.6 is 11.6 Å². The van der Waals surface area contributed by atoms with Gasteiger partial charge in [-0.2, -0.15) is 5.10 Å². The molecule has 0 aliphatic carbocycles. The summed E-state index contributed by atoms with van der Waals surface area (Å²) in [6, 6.07) is 13.6. The van der Waals surface area contributed by atoms with Gasteiger partial charge < -0.3 is 15.0 Å². The highest BCUT2D eigenvalue weighted by molar-refractivity contribution is 6.30. The van der Waals surface area contributed by atoms with Gasteiger partial charge >= 0.3 is 0 Å². The molecule has 10 heteroatoms. The molecule has 1 fully saturated rings. The molecule has 2 aromatic heterocycles. The first-order chi connectivity index (χ1) is 17.2. The summed E-state index contributed by atoms with van der Waals surface area (Å²) in [5, 5.41) is 17.4. The van der Waals surface area contributed by atoms with Crippen LogP contribution in [0.15, 0.2) is 48.7 Å². The van der Waals surface area contributed by atoms with Gasteiger partial charge in [0, 0.05) is 35.8 Å². The van der Waals surface area contributed by atoms with Crippen LogP contribution in [0.25, 0.3) is 10.9 Å². The minimum absolute atomic E-state index is 0.175. The number of ether oxygens (including phenoxy) is 1. The molecule has 1 saturated heterocycles. The van der Waals surface area contributed by atoms with Crippen LogP contribution in [0.1, 0.15) is 47.2 Å². The third kappa shape index (κ3) is 4.37. The number of halogens is 1.